The maximum atomic E-state index is 13.2. The molecule has 0 bridgehead atoms. The lowest BCUT2D eigenvalue weighted by Gasteiger charge is -2.20. The Hall–Kier alpha value is -4.00. The molecular formula is C24H22N4O3. The van der Waals surface area contributed by atoms with Crippen LogP contribution in [0.25, 0.3) is 21.8 Å². The van der Waals surface area contributed by atoms with Crippen molar-refractivity contribution in [2.45, 2.75) is 20.4 Å². The smallest absolute Gasteiger partial charge is 0.294 e. The zero-order valence-corrected chi connectivity index (χ0v) is 17.3. The molecule has 0 radical (unpaired) electrons. The van der Waals surface area contributed by atoms with E-state index < -0.39 is 5.56 Å². The zero-order valence-electron chi connectivity index (χ0n) is 17.3. The number of nitrogens with zero attached hydrogens (tertiary/aromatic N) is 3. The van der Waals surface area contributed by atoms with Crippen LogP contribution in [0.3, 0.4) is 0 Å². The van der Waals surface area contributed by atoms with Gasteiger partial charge < -0.3 is 5.32 Å². The van der Waals surface area contributed by atoms with Crippen molar-refractivity contribution in [1.29, 1.82) is 0 Å². The number of anilines is 2. The average molecular weight is 414 g/mol. The Morgan fingerprint density at radius 3 is 2.48 bits per heavy atom. The van der Waals surface area contributed by atoms with Crippen LogP contribution in [0, 0.1) is 0 Å². The Bertz CT molecular complexity index is 1350. The van der Waals surface area contributed by atoms with Gasteiger partial charge in [-0.15, -0.1) is 0 Å². The first kappa shape index (κ1) is 20.3. The summed E-state index contributed by atoms with van der Waals surface area (Å²) in [6, 6.07) is 20.5. The van der Waals surface area contributed by atoms with Crippen molar-refractivity contribution in [3.05, 3.63) is 77.1 Å². The first-order valence-corrected chi connectivity index (χ1v) is 10.0. The first-order valence-electron chi connectivity index (χ1n) is 10.0. The molecule has 1 N–H and O–H groups in total. The minimum atomic E-state index is -0.483. The van der Waals surface area contributed by atoms with E-state index in [0.29, 0.717) is 23.3 Å². The topological polar surface area (TPSA) is 84.3 Å². The fourth-order valence-corrected chi connectivity index (χ4v) is 3.70. The summed E-state index contributed by atoms with van der Waals surface area (Å²) in [6.45, 7) is 3.26. The highest BCUT2D eigenvalue weighted by Gasteiger charge is 2.20. The molecule has 0 unspecified atom stereocenters. The van der Waals surface area contributed by atoms with Crippen molar-refractivity contribution >= 4 is 45.1 Å². The minimum absolute atomic E-state index is 0.0201. The molecule has 0 saturated carbocycles. The number of hydrogen-bond acceptors (Lipinski definition) is 4. The Balaban J connectivity index is 1.75. The highest BCUT2D eigenvalue weighted by atomic mass is 16.2. The van der Waals surface area contributed by atoms with Gasteiger partial charge >= 0.3 is 0 Å². The van der Waals surface area contributed by atoms with E-state index in [0.717, 1.165) is 10.8 Å². The van der Waals surface area contributed by atoms with Gasteiger partial charge in [-0.05, 0) is 30.5 Å². The van der Waals surface area contributed by atoms with Crippen LogP contribution >= 0.6 is 0 Å². The Kier molecular flexibility index (Phi) is 5.49. The third-order valence-electron chi connectivity index (χ3n) is 5.15. The highest BCUT2D eigenvalue weighted by Crippen LogP contribution is 2.23. The fraction of sp³-hybridized carbons (Fsp3) is 0.167. The molecule has 4 rings (SSSR count). The first-order chi connectivity index (χ1) is 15.0. The summed E-state index contributed by atoms with van der Waals surface area (Å²) in [5, 5.41) is 4.84. The third kappa shape index (κ3) is 3.90. The number of amides is 2. The van der Waals surface area contributed by atoms with E-state index in [2.05, 4.69) is 10.3 Å². The maximum absolute atomic E-state index is 13.2. The van der Waals surface area contributed by atoms with E-state index >= 15 is 0 Å². The lowest BCUT2D eigenvalue weighted by atomic mass is 10.1. The number of fused-ring (bicyclic) bond motifs is 2. The van der Waals surface area contributed by atoms with Gasteiger partial charge in [0.25, 0.3) is 5.56 Å². The van der Waals surface area contributed by atoms with E-state index in [9.17, 15) is 14.4 Å². The van der Waals surface area contributed by atoms with Gasteiger partial charge in [-0.25, -0.2) is 4.98 Å². The largest absolute Gasteiger partial charge is 0.324 e. The van der Waals surface area contributed by atoms with Gasteiger partial charge in [0.05, 0.1) is 11.0 Å². The monoisotopic (exact) mass is 414 g/mol. The molecule has 7 heteroatoms. The van der Waals surface area contributed by atoms with Crippen LogP contribution in [0.4, 0.5) is 11.5 Å². The summed E-state index contributed by atoms with van der Waals surface area (Å²) < 4.78 is 1.36. The van der Waals surface area contributed by atoms with Gasteiger partial charge in [-0.3, -0.25) is 23.9 Å². The van der Waals surface area contributed by atoms with Gasteiger partial charge in [-0.1, -0.05) is 48.5 Å². The van der Waals surface area contributed by atoms with Crippen molar-refractivity contribution in [3.8, 4) is 0 Å². The van der Waals surface area contributed by atoms with Gasteiger partial charge in [0, 0.05) is 24.5 Å². The lowest BCUT2D eigenvalue weighted by molar-refractivity contribution is -0.117. The number of rotatable bonds is 5. The minimum Gasteiger partial charge on any atom is -0.324 e. The molecular weight excluding hydrogens is 392 g/mol. The Morgan fingerprint density at radius 1 is 1.00 bits per heavy atom. The second kappa shape index (κ2) is 8.39. The normalized spacial score (nSPS) is 10.9. The number of nitrogens with one attached hydrogen (secondary N) is 1. The van der Waals surface area contributed by atoms with Crippen LogP contribution in [0.1, 0.15) is 13.8 Å². The summed E-state index contributed by atoms with van der Waals surface area (Å²) in [5.74, 6) is -0.604. The van der Waals surface area contributed by atoms with Crippen LogP contribution in [0.2, 0.25) is 0 Å². The van der Waals surface area contributed by atoms with Crippen molar-refractivity contribution in [1.82, 2.24) is 9.55 Å². The molecule has 0 aliphatic heterocycles. The molecule has 1 aromatic heterocycles. The van der Waals surface area contributed by atoms with Crippen molar-refractivity contribution in [2.75, 3.05) is 16.8 Å². The van der Waals surface area contributed by atoms with E-state index in [1.54, 1.807) is 31.2 Å². The number of para-hydroxylation sites is 2. The maximum Gasteiger partial charge on any atom is 0.294 e. The predicted octanol–water partition coefficient (Wildman–Crippen LogP) is 3.56. The number of benzene rings is 3. The number of carbonyl (C=O) groups excluding carboxylic acids is 2. The Labute approximate surface area is 178 Å². The number of carbonyl (C=O) groups is 2. The second-order valence-corrected chi connectivity index (χ2v) is 7.15. The Morgan fingerprint density at radius 2 is 1.71 bits per heavy atom. The SMILES string of the molecule is CCN(C(C)=O)c1nc2ccccc2n(CC(=O)Nc2cccc3ccccc23)c1=O. The molecule has 1 heterocycles. The van der Waals surface area contributed by atoms with Crippen LogP contribution in [-0.2, 0) is 16.1 Å². The van der Waals surface area contributed by atoms with E-state index in [1.165, 1.54) is 16.4 Å². The molecule has 4 aromatic rings. The molecule has 7 nitrogen and oxygen atoms in total. The van der Waals surface area contributed by atoms with Crippen molar-refractivity contribution in [3.63, 3.8) is 0 Å². The summed E-state index contributed by atoms with van der Waals surface area (Å²) in [7, 11) is 0. The van der Waals surface area contributed by atoms with Crippen LogP contribution < -0.4 is 15.8 Å². The molecule has 0 spiro atoms. The molecule has 0 fully saturated rings. The molecule has 31 heavy (non-hydrogen) atoms. The second-order valence-electron chi connectivity index (χ2n) is 7.15. The highest BCUT2D eigenvalue weighted by molar-refractivity contribution is 6.02. The molecule has 0 aliphatic rings. The van der Waals surface area contributed by atoms with Crippen LogP contribution in [0.5, 0.6) is 0 Å². The summed E-state index contributed by atoms with van der Waals surface area (Å²) in [5.41, 5.74) is 1.26. The number of hydrogen-bond donors (Lipinski definition) is 1. The summed E-state index contributed by atoms with van der Waals surface area (Å²) >= 11 is 0. The number of aromatic nitrogens is 2. The molecule has 3 aromatic carbocycles. The summed E-state index contributed by atoms with van der Waals surface area (Å²) in [6.07, 6.45) is 0. The lowest BCUT2D eigenvalue weighted by Crippen LogP contribution is -2.38. The molecule has 156 valence electrons. The van der Waals surface area contributed by atoms with Crippen LogP contribution in [0.15, 0.2) is 71.5 Å². The van der Waals surface area contributed by atoms with E-state index in [1.807, 2.05) is 42.5 Å². The molecule has 0 aliphatic carbocycles. The standard InChI is InChI=1S/C24H22N4O3/c1-3-27(16(2)29)23-24(31)28(21-14-7-6-12-20(21)26-23)15-22(30)25-19-13-8-10-17-9-4-5-11-18(17)19/h4-14H,3,15H2,1-2H3,(H,25,30). The van der Waals surface area contributed by atoms with Crippen LogP contribution in [-0.4, -0.2) is 27.9 Å². The third-order valence-corrected chi connectivity index (χ3v) is 5.15. The van der Waals surface area contributed by atoms with Gasteiger partial charge in [0.2, 0.25) is 17.6 Å². The summed E-state index contributed by atoms with van der Waals surface area (Å²) in [4.78, 5) is 43.9. The quantitative estimate of drug-likeness (QED) is 0.541. The van der Waals surface area contributed by atoms with Gasteiger partial charge in [-0.2, -0.15) is 0 Å². The van der Waals surface area contributed by atoms with Crippen molar-refractivity contribution < 1.29 is 9.59 Å². The molecule has 0 atom stereocenters. The fourth-order valence-electron chi connectivity index (χ4n) is 3.70. The predicted molar refractivity (Wildman–Crippen MR) is 122 cm³/mol. The van der Waals surface area contributed by atoms with E-state index in [4.69, 9.17) is 0 Å². The molecule has 2 amide bonds. The van der Waals surface area contributed by atoms with Crippen molar-refractivity contribution in [2.24, 2.45) is 0 Å². The van der Waals surface area contributed by atoms with Gasteiger partial charge in [0.15, 0.2) is 0 Å². The average Bonchev–Trinajstić information content (AvgIpc) is 2.77. The van der Waals surface area contributed by atoms with E-state index in [-0.39, 0.29) is 24.2 Å². The molecule has 0 saturated heterocycles. The zero-order chi connectivity index (χ0) is 22.0. The van der Waals surface area contributed by atoms with Gasteiger partial charge in [0.1, 0.15) is 6.54 Å².